The smallest absolute Gasteiger partial charge is 0.226 e. The Kier molecular flexibility index (Phi) is 4.31. The summed E-state index contributed by atoms with van der Waals surface area (Å²) in [4.78, 5) is 12.1. The number of nitrogens with zero attached hydrogens (tertiary/aromatic N) is 2. The Hall–Kier alpha value is -2.30. The summed E-state index contributed by atoms with van der Waals surface area (Å²) < 4.78 is 1.89. The molecule has 1 aromatic heterocycles. The molecule has 5 heteroatoms. The summed E-state index contributed by atoms with van der Waals surface area (Å²) in [5, 5.41) is 7.34. The van der Waals surface area contributed by atoms with E-state index in [0.717, 1.165) is 22.6 Å². The number of aromatic nitrogens is 2. The van der Waals surface area contributed by atoms with E-state index in [1.165, 1.54) is 5.56 Å². The predicted octanol–water partition coefficient (Wildman–Crippen LogP) is 2.73. The van der Waals surface area contributed by atoms with Gasteiger partial charge < -0.3 is 11.1 Å². The second-order valence-electron chi connectivity index (χ2n) is 5.34. The van der Waals surface area contributed by atoms with Crippen LogP contribution in [0.5, 0.6) is 0 Å². The van der Waals surface area contributed by atoms with Gasteiger partial charge in [0.2, 0.25) is 5.91 Å². The van der Waals surface area contributed by atoms with Gasteiger partial charge in [0.15, 0.2) is 0 Å². The molecule has 0 fully saturated rings. The van der Waals surface area contributed by atoms with Crippen LogP contribution in [0.15, 0.2) is 18.2 Å². The van der Waals surface area contributed by atoms with Gasteiger partial charge in [0.1, 0.15) is 0 Å². The Labute approximate surface area is 125 Å². The SMILES string of the molecule is Cc1nn(CCC(=O)Nc2cccc(N)c2C)c(C)c1C. The molecule has 0 aliphatic heterocycles. The van der Waals surface area contributed by atoms with Crippen LogP contribution in [0.2, 0.25) is 0 Å². The highest BCUT2D eigenvalue weighted by Gasteiger charge is 2.10. The van der Waals surface area contributed by atoms with Gasteiger partial charge in [-0.3, -0.25) is 9.48 Å². The highest BCUT2D eigenvalue weighted by Crippen LogP contribution is 2.20. The number of nitrogen functional groups attached to an aromatic ring is 1. The minimum Gasteiger partial charge on any atom is -0.398 e. The summed E-state index contributed by atoms with van der Waals surface area (Å²) in [5.74, 6) is -0.0334. The quantitative estimate of drug-likeness (QED) is 0.849. The van der Waals surface area contributed by atoms with Crippen LogP contribution in [0.3, 0.4) is 0 Å². The summed E-state index contributed by atoms with van der Waals surface area (Å²) in [6.07, 6.45) is 0.385. The summed E-state index contributed by atoms with van der Waals surface area (Å²) in [6, 6.07) is 5.52. The molecule has 3 N–H and O–H groups in total. The van der Waals surface area contributed by atoms with Crippen molar-refractivity contribution in [2.45, 2.75) is 40.7 Å². The molecular formula is C16H22N4O. The van der Waals surface area contributed by atoms with E-state index in [0.29, 0.717) is 18.7 Å². The molecule has 2 rings (SSSR count). The van der Waals surface area contributed by atoms with E-state index in [9.17, 15) is 4.79 Å². The van der Waals surface area contributed by atoms with Crippen molar-refractivity contribution in [3.63, 3.8) is 0 Å². The van der Waals surface area contributed by atoms with Gasteiger partial charge in [-0.25, -0.2) is 0 Å². The van der Waals surface area contributed by atoms with Crippen molar-refractivity contribution < 1.29 is 4.79 Å². The highest BCUT2D eigenvalue weighted by molar-refractivity contribution is 5.92. The van der Waals surface area contributed by atoms with Crippen molar-refractivity contribution in [3.05, 3.63) is 40.7 Å². The van der Waals surface area contributed by atoms with Gasteiger partial charge >= 0.3 is 0 Å². The molecule has 112 valence electrons. The third-order valence-corrected chi connectivity index (χ3v) is 3.94. The molecule has 0 bridgehead atoms. The van der Waals surface area contributed by atoms with Crippen LogP contribution in [-0.4, -0.2) is 15.7 Å². The van der Waals surface area contributed by atoms with Crippen molar-refractivity contribution in [2.75, 3.05) is 11.1 Å². The van der Waals surface area contributed by atoms with Crippen molar-refractivity contribution in [1.29, 1.82) is 0 Å². The molecular weight excluding hydrogens is 264 g/mol. The largest absolute Gasteiger partial charge is 0.398 e. The number of nitrogens with two attached hydrogens (primary N) is 1. The lowest BCUT2D eigenvalue weighted by Gasteiger charge is -2.10. The molecule has 0 radical (unpaired) electrons. The fourth-order valence-corrected chi connectivity index (χ4v) is 2.21. The second kappa shape index (κ2) is 5.99. The van der Waals surface area contributed by atoms with E-state index in [-0.39, 0.29) is 5.91 Å². The highest BCUT2D eigenvalue weighted by atomic mass is 16.1. The normalized spacial score (nSPS) is 10.7. The predicted molar refractivity (Wildman–Crippen MR) is 85.3 cm³/mol. The summed E-state index contributed by atoms with van der Waals surface area (Å²) >= 11 is 0. The van der Waals surface area contributed by atoms with Gasteiger partial charge in [0, 0.05) is 30.0 Å². The van der Waals surface area contributed by atoms with E-state index in [1.807, 2.05) is 50.6 Å². The molecule has 0 unspecified atom stereocenters. The van der Waals surface area contributed by atoms with E-state index in [2.05, 4.69) is 10.4 Å². The number of benzene rings is 1. The molecule has 0 saturated heterocycles. The number of aryl methyl sites for hydroxylation is 2. The zero-order valence-corrected chi connectivity index (χ0v) is 13.0. The Morgan fingerprint density at radius 2 is 1.95 bits per heavy atom. The monoisotopic (exact) mass is 286 g/mol. The van der Waals surface area contributed by atoms with Crippen molar-refractivity contribution in [1.82, 2.24) is 9.78 Å². The first-order valence-corrected chi connectivity index (χ1v) is 7.05. The van der Waals surface area contributed by atoms with Gasteiger partial charge in [-0.05, 0) is 51.0 Å². The van der Waals surface area contributed by atoms with Crippen molar-refractivity contribution in [3.8, 4) is 0 Å². The summed E-state index contributed by atoms with van der Waals surface area (Å²) in [7, 11) is 0. The van der Waals surface area contributed by atoms with Crippen LogP contribution in [0.1, 0.15) is 28.9 Å². The Bertz CT molecular complexity index is 673. The number of carbonyl (C=O) groups is 1. The molecule has 0 aliphatic carbocycles. The maximum absolute atomic E-state index is 12.1. The zero-order chi connectivity index (χ0) is 15.6. The van der Waals surface area contributed by atoms with Crippen LogP contribution < -0.4 is 11.1 Å². The zero-order valence-electron chi connectivity index (χ0n) is 13.0. The first-order chi connectivity index (χ1) is 9.90. The molecule has 2 aromatic rings. The molecule has 0 aliphatic rings. The Balaban J connectivity index is 1.99. The van der Waals surface area contributed by atoms with E-state index in [4.69, 9.17) is 5.73 Å². The summed E-state index contributed by atoms with van der Waals surface area (Å²) in [5.41, 5.74) is 11.5. The van der Waals surface area contributed by atoms with E-state index in [1.54, 1.807) is 0 Å². The van der Waals surface area contributed by atoms with Crippen LogP contribution in [0, 0.1) is 27.7 Å². The lowest BCUT2D eigenvalue weighted by atomic mass is 10.1. The fraction of sp³-hybridized carbons (Fsp3) is 0.375. The first kappa shape index (κ1) is 15.1. The first-order valence-electron chi connectivity index (χ1n) is 7.05. The van der Waals surface area contributed by atoms with E-state index < -0.39 is 0 Å². The number of nitrogens with one attached hydrogen (secondary N) is 1. The van der Waals surface area contributed by atoms with Crippen molar-refractivity contribution in [2.24, 2.45) is 0 Å². The third-order valence-electron chi connectivity index (χ3n) is 3.94. The Morgan fingerprint density at radius 3 is 2.57 bits per heavy atom. The third kappa shape index (κ3) is 3.24. The average molecular weight is 286 g/mol. The standard InChI is InChI=1S/C16H22N4O/c1-10-12(3)19-20(13(10)4)9-8-16(21)18-15-7-5-6-14(17)11(15)2/h5-7H,8-9,17H2,1-4H3,(H,18,21). The van der Waals surface area contributed by atoms with Crippen molar-refractivity contribution >= 4 is 17.3 Å². The number of rotatable bonds is 4. The molecule has 1 heterocycles. The number of carbonyl (C=O) groups excluding carboxylic acids is 1. The summed E-state index contributed by atoms with van der Waals surface area (Å²) in [6.45, 7) is 8.53. The topological polar surface area (TPSA) is 72.9 Å². The molecule has 0 spiro atoms. The molecule has 5 nitrogen and oxygen atoms in total. The van der Waals surface area contributed by atoms with Gasteiger partial charge in [0.05, 0.1) is 5.69 Å². The lowest BCUT2D eigenvalue weighted by molar-refractivity contribution is -0.116. The van der Waals surface area contributed by atoms with Gasteiger partial charge in [-0.2, -0.15) is 5.10 Å². The number of hydrogen-bond donors (Lipinski definition) is 2. The molecule has 21 heavy (non-hydrogen) atoms. The number of amides is 1. The Morgan fingerprint density at radius 1 is 1.24 bits per heavy atom. The van der Waals surface area contributed by atoms with Gasteiger partial charge in [-0.1, -0.05) is 6.07 Å². The van der Waals surface area contributed by atoms with Crippen LogP contribution >= 0.6 is 0 Å². The number of hydrogen-bond acceptors (Lipinski definition) is 3. The molecule has 0 saturated carbocycles. The van der Waals surface area contributed by atoms with Crippen LogP contribution in [0.4, 0.5) is 11.4 Å². The number of anilines is 2. The minimum absolute atomic E-state index is 0.0334. The molecule has 1 aromatic carbocycles. The second-order valence-corrected chi connectivity index (χ2v) is 5.34. The molecule has 0 atom stereocenters. The van der Waals surface area contributed by atoms with Crippen LogP contribution in [0.25, 0.3) is 0 Å². The average Bonchev–Trinajstić information content (AvgIpc) is 2.69. The van der Waals surface area contributed by atoms with E-state index >= 15 is 0 Å². The minimum atomic E-state index is -0.0334. The maximum Gasteiger partial charge on any atom is 0.226 e. The maximum atomic E-state index is 12.1. The molecule has 1 amide bonds. The fourth-order valence-electron chi connectivity index (χ4n) is 2.21. The van der Waals surface area contributed by atoms with Gasteiger partial charge in [0.25, 0.3) is 0 Å². The lowest BCUT2D eigenvalue weighted by Crippen LogP contribution is -2.16. The van der Waals surface area contributed by atoms with Crippen LogP contribution in [-0.2, 0) is 11.3 Å². The van der Waals surface area contributed by atoms with Gasteiger partial charge in [-0.15, -0.1) is 0 Å².